The molecule has 3 aliphatic heterocycles. The molecular formula is C19H25N3O5. The van der Waals surface area contributed by atoms with E-state index in [-0.39, 0.29) is 11.8 Å². The van der Waals surface area contributed by atoms with Crippen LogP contribution in [0.25, 0.3) is 0 Å². The van der Waals surface area contributed by atoms with Crippen LogP contribution in [-0.2, 0) is 14.3 Å². The van der Waals surface area contributed by atoms with E-state index in [9.17, 15) is 9.59 Å². The number of hydrogen-bond donors (Lipinski definition) is 1. The molecule has 2 amide bonds. The lowest BCUT2D eigenvalue weighted by Crippen LogP contribution is -2.43. The number of fused-ring (bicyclic) bond motifs is 1. The van der Waals surface area contributed by atoms with Crippen LogP contribution in [0.15, 0.2) is 18.2 Å². The van der Waals surface area contributed by atoms with Gasteiger partial charge in [0.2, 0.25) is 11.8 Å². The Morgan fingerprint density at radius 2 is 1.85 bits per heavy atom. The van der Waals surface area contributed by atoms with Crippen LogP contribution < -0.4 is 19.7 Å². The highest BCUT2D eigenvalue weighted by atomic mass is 16.6. The van der Waals surface area contributed by atoms with Gasteiger partial charge in [-0.25, -0.2) is 0 Å². The Labute approximate surface area is 158 Å². The van der Waals surface area contributed by atoms with Gasteiger partial charge in [0.15, 0.2) is 11.5 Å². The summed E-state index contributed by atoms with van der Waals surface area (Å²) < 4.78 is 16.4. The lowest BCUT2D eigenvalue weighted by Gasteiger charge is -2.26. The van der Waals surface area contributed by atoms with Gasteiger partial charge in [0, 0.05) is 44.5 Å². The van der Waals surface area contributed by atoms with Crippen molar-refractivity contribution in [3.8, 4) is 11.5 Å². The second-order valence-electron chi connectivity index (χ2n) is 6.90. The standard InChI is InChI=1S/C19H25N3O5/c23-18(20-4-6-21-7-9-25-10-8-21)15-3-5-22(19(15)24)14-1-2-16-17(13-14)27-12-11-26-16/h1-2,13,15H,3-12H2,(H,20,23). The molecule has 0 aromatic heterocycles. The molecule has 3 heterocycles. The van der Waals surface area contributed by atoms with Crippen LogP contribution in [0.3, 0.4) is 0 Å². The Kier molecular flexibility index (Phi) is 5.45. The van der Waals surface area contributed by atoms with E-state index in [0.717, 1.165) is 38.5 Å². The molecule has 1 aromatic rings. The third kappa shape index (κ3) is 4.01. The minimum absolute atomic E-state index is 0.157. The summed E-state index contributed by atoms with van der Waals surface area (Å²) in [5, 5.41) is 2.91. The molecule has 8 nitrogen and oxygen atoms in total. The average Bonchev–Trinajstić information content (AvgIpc) is 3.10. The Morgan fingerprint density at radius 1 is 1.07 bits per heavy atom. The first-order chi connectivity index (χ1) is 13.2. The highest BCUT2D eigenvalue weighted by Gasteiger charge is 2.37. The second kappa shape index (κ2) is 8.14. The normalized spacial score (nSPS) is 22.7. The molecule has 2 saturated heterocycles. The molecule has 27 heavy (non-hydrogen) atoms. The third-order valence-electron chi connectivity index (χ3n) is 5.19. The Hall–Kier alpha value is -2.32. The summed E-state index contributed by atoms with van der Waals surface area (Å²) in [6.45, 7) is 6.13. The maximum absolute atomic E-state index is 12.7. The highest BCUT2D eigenvalue weighted by Crippen LogP contribution is 2.35. The summed E-state index contributed by atoms with van der Waals surface area (Å²) in [5.74, 6) is 0.366. The van der Waals surface area contributed by atoms with Crippen molar-refractivity contribution in [3.63, 3.8) is 0 Å². The summed E-state index contributed by atoms with van der Waals surface area (Å²) in [5.41, 5.74) is 0.743. The number of rotatable bonds is 5. The van der Waals surface area contributed by atoms with Crippen LogP contribution >= 0.6 is 0 Å². The highest BCUT2D eigenvalue weighted by molar-refractivity contribution is 6.09. The van der Waals surface area contributed by atoms with Crippen molar-refractivity contribution in [2.45, 2.75) is 6.42 Å². The number of hydrogen-bond acceptors (Lipinski definition) is 6. The van der Waals surface area contributed by atoms with Crippen molar-refractivity contribution >= 4 is 17.5 Å². The zero-order chi connectivity index (χ0) is 18.6. The van der Waals surface area contributed by atoms with Gasteiger partial charge in [0.25, 0.3) is 0 Å². The number of nitrogens with one attached hydrogen (secondary N) is 1. The summed E-state index contributed by atoms with van der Waals surface area (Å²) in [7, 11) is 0. The van der Waals surface area contributed by atoms with Crippen molar-refractivity contribution < 1.29 is 23.8 Å². The SMILES string of the molecule is O=C(NCCN1CCOCC1)C1CCN(c2ccc3c(c2)OCCO3)C1=O. The van der Waals surface area contributed by atoms with Crippen LogP contribution in [0.5, 0.6) is 11.5 Å². The second-order valence-corrected chi connectivity index (χ2v) is 6.90. The zero-order valence-corrected chi connectivity index (χ0v) is 15.3. The molecule has 2 fully saturated rings. The molecule has 0 bridgehead atoms. The number of amides is 2. The van der Waals surface area contributed by atoms with Crippen LogP contribution in [0.4, 0.5) is 5.69 Å². The van der Waals surface area contributed by atoms with E-state index in [2.05, 4.69) is 10.2 Å². The fourth-order valence-corrected chi connectivity index (χ4v) is 3.66. The number of carbonyl (C=O) groups is 2. The van der Waals surface area contributed by atoms with Crippen molar-refractivity contribution in [1.82, 2.24) is 10.2 Å². The predicted molar refractivity (Wildman–Crippen MR) is 98.2 cm³/mol. The molecule has 0 saturated carbocycles. The maximum atomic E-state index is 12.7. The average molecular weight is 375 g/mol. The first kappa shape index (κ1) is 18.1. The monoisotopic (exact) mass is 375 g/mol. The van der Waals surface area contributed by atoms with Gasteiger partial charge < -0.3 is 24.4 Å². The maximum Gasteiger partial charge on any atom is 0.239 e. The Bertz CT molecular complexity index is 705. The Morgan fingerprint density at radius 3 is 2.67 bits per heavy atom. The molecule has 4 rings (SSSR count). The number of benzene rings is 1. The van der Waals surface area contributed by atoms with Gasteiger partial charge in [-0.05, 0) is 18.6 Å². The van der Waals surface area contributed by atoms with Crippen molar-refractivity contribution in [2.75, 3.05) is 64.1 Å². The first-order valence-electron chi connectivity index (χ1n) is 9.51. The van der Waals surface area contributed by atoms with Gasteiger partial charge in [0.1, 0.15) is 19.1 Å². The zero-order valence-electron chi connectivity index (χ0n) is 15.3. The topological polar surface area (TPSA) is 80.3 Å². The van der Waals surface area contributed by atoms with E-state index in [4.69, 9.17) is 14.2 Å². The molecule has 0 radical (unpaired) electrons. The van der Waals surface area contributed by atoms with Crippen LogP contribution in [0, 0.1) is 5.92 Å². The molecule has 1 atom stereocenters. The van der Waals surface area contributed by atoms with E-state index in [1.807, 2.05) is 18.2 Å². The molecular weight excluding hydrogens is 350 g/mol. The lowest BCUT2D eigenvalue weighted by atomic mass is 10.1. The minimum Gasteiger partial charge on any atom is -0.486 e. The van der Waals surface area contributed by atoms with Gasteiger partial charge in [-0.15, -0.1) is 0 Å². The quantitative estimate of drug-likeness (QED) is 0.744. The van der Waals surface area contributed by atoms with Crippen LogP contribution in [-0.4, -0.2) is 75.9 Å². The van der Waals surface area contributed by atoms with Gasteiger partial charge in [-0.3, -0.25) is 14.5 Å². The molecule has 1 unspecified atom stereocenters. The lowest BCUT2D eigenvalue weighted by molar-refractivity contribution is -0.132. The Balaban J connectivity index is 1.32. The third-order valence-corrected chi connectivity index (χ3v) is 5.19. The summed E-state index contributed by atoms with van der Waals surface area (Å²) >= 11 is 0. The molecule has 0 aliphatic carbocycles. The van der Waals surface area contributed by atoms with Crippen LogP contribution in [0.1, 0.15) is 6.42 Å². The fraction of sp³-hybridized carbons (Fsp3) is 0.579. The smallest absolute Gasteiger partial charge is 0.239 e. The molecule has 1 N–H and O–H groups in total. The summed E-state index contributed by atoms with van der Waals surface area (Å²) in [6.07, 6.45) is 0.524. The molecule has 146 valence electrons. The number of anilines is 1. The van der Waals surface area contributed by atoms with E-state index in [1.165, 1.54) is 0 Å². The van der Waals surface area contributed by atoms with Gasteiger partial charge in [-0.1, -0.05) is 0 Å². The molecule has 1 aromatic carbocycles. The van der Waals surface area contributed by atoms with Crippen molar-refractivity contribution in [3.05, 3.63) is 18.2 Å². The van der Waals surface area contributed by atoms with E-state index >= 15 is 0 Å². The van der Waals surface area contributed by atoms with E-state index in [1.54, 1.807) is 4.90 Å². The van der Waals surface area contributed by atoms with Crippen LogP contribution in [0.2, 0.25) is 0 Å². The summed E-state index contributed by atoms with van der Waals surface area (Å²) in [6, 6.07) is 5.46. The van der Waals surface area contributed by atoms with Crippen molar-refractivity contribution in [1.29, 1.82) is 0 Å². The first-order valence-corrected chi connectivity index (χ1v) is 9.51. The fourth-order valence-electron chi connectivity index (χ4n) is 3.66. The van der Waals surface area contributed by atoms with Gasteiger partial charge >= 0.3 is 0 Å². The number of ether oxygens (including phenoxy) is 3. The predicted octanol–water partition coefficient (Wildman–Crippen LogP) is 0.259. The largest absolute Gasteiger partial charge is 0.486 e. The van der Waals surface area contributed by atoms with Gasteiger partial charge in [0.05, 0.1) is 13.2 Å². The van der Waals surface area contributed by atoms with Crippen molar-refractivity contribution in [2.24, 2.45) is 5.92 Å². The van der Waals surface area contributed by atoms with Gasteiger partial charge in [-0.2, -0.15) is 0 Å². The molecule has 3 aliphatic rings. The number of carbonyl (C=O) groups excluding carboxylic acids is 2. The molecule has 0 spiro atoms. The number of morpholine rings is 1. The molecule has 8 heteroatoms. The van der Waals surface area contributed by atoms with E-state index in [0.29, 0.717) is 44.2 Å². The minimum atomic E-state index is -0.622. The van der Waals surface area contributed by atoms with E-state index < -0.39 is 5.92 Å². The summed E-state index contributed by atoms with van der Waals surface area (Å²) in [4.78, 5) is 29.1. The number of nitrogens with zero attached hydrogens (tertiary/aromatic N) is 2.